The van der Waals surface area contributed by atoms with Gasteiger partial charge in [-0.05, 0) is 64.0 Å². The number of nitrogens with zero attached hydrogens (tertiary/aromatic N) is 1. The normalized spacial score (nSPS) is 11.0. The zero-order valence-corrected chi connectivity index (χ0v) is 17.7. The van der Waals surface area contributed by atoms with E-state index in [4.69, 9.17) is 9.15 Å². The first-order valence-electron chi connectivity index (χ1n) is 7.98. The van der Waals surface area contributed by atoms with Crippen LogP contribution in [-0.4, -0.2) is 31.8 Å². The van der Waals surface area contributed by atoms with Gasteiger partial charge in [-0.3, -0.25) is 4.79 Å². The minimum atomic E-state index is -0.474. The van der Waals surface area contributed by atoms with Crippen LogP contribution in [0.4, 0.5) is 0 Å². The van der Waals surface area contributed by atoms with Crippen molar-refractivity contribution < 1.29 is 23.5 Å². The van der Waals surface area contributed by atoms with Gasteiger partial charge in [0.1, 0.15) is 11.3 Å². The summed E-state index contributed by atoms with van der Waals surface area (Å²) in [5.74, 6) is -0.281. The van der Waals surface area contributed by atoms with Crippen molar-refractivity contribution in [1.29, 1.82) is 0 Å². The Kier molecular flexibility index (Phi) is 6.48. The molecule has 0 atom stereocenters. The molecule has 1 N–H and O–H groups in total. The summed E-state index contributed by atoms with van der Waals surface area (Å²) >= 11 is 6.73. The number of nitrogens with one attached hydrogen (secondary N) is 1. The smallest absolute Gasteiger partial charge is 0.343 e. The summed E-state index contributed by atoms with van der Waals surface area (Å²) in [6, 6.07) is 12.3. The maximum Gasteiger partial charge on any atom is 0.343 e. The van der Waals surface area contributed by atoms with E-state index in [2.05, 4.69) is 47.1 Å². The predicted molar refractivity (Wildman–Crippen MR) is 111 cm³/mol. The lowest BCUT2D eigenvalue weighted by Gasteiger charge is -2.07. The fraction of sp³-hybridized carbons (Fsp3) is 0.105. The van der Waals surface area contributed by atoms with Gasteiger partial charge in [-0.15, -0.1) is 0 Å². The van der Waals surface area contributed by atoms with Crippen LogP contribution >= 0.6 is 31.9 Å². The van der Waals surface area contributed by atoms with E-state index in [0.29, 0.717) is 21.4 Å². The number of benzene rings is 2. The van der Waals surface area contributed by atoms with Crippen LogP contribution < -0.4 is 10.2 Å². The van der Waals surface area contributed by atoms with Crippen LogP contribution in [0.15, 0.2) is 60.9 Å². The number of ether oxygens (including phenoxy) is 2. The van der Waals surface area contributed by atoms with Crippen molar-refractivity contribution >= 4 is 60.9 Å². The van der Waals surface area contributed by atoms with E-state index in [1.165, 1.54) is 13.3 Å². The quantitative estimate of drug-likeness (QED) is 0.304. The monoisotopic (exact) mass is 508 g/mol. The van der Waals surface area contributed by atoms with E-state index in [0.717, 1.165) is 9.86 Å². The van der Waals surface area contributed by atoms with Gasteiger partial charge < -0.3 is 13.9 Å². The third kappa shape index (κ3) is 4.99. The first-order chi connectivity index (χ1) is 13.5. The minimum absolute atomic E-state index is 0.165. The highest BCUT2D eigenvalue weighted by Crippen LogP contribution is 2.26. The van der Waals surface area contributed by atoms with E-state index >= 15 is 0 Å². The molecule has 0 bridgehead atoms. The molecule has 7 nitrogen and oxygen atoms in total. The van der Waals surface area contributed by atoms with Crippen molar-refractivity contribution in [2.24, 2.45) is 5.10 Å². The highest BCUT2D eigenvalue weighted by molar-refractivity contribution is 9.10. The number of rotatable bonds is 6. The number of halogens is 2. The number of esters is 1. The molecule has 0 saturated carbocycles. The molecule has 0 fully saturated rings. The van der Waals surface area contributed by atoms with Crippen LogP contribution in [0, 0.1) is 0 Å². The van der Waals surface area contributed by atoms with Gasteiger partial charge in [-0.25, -0.2) is 10.2 Å². The van der Waals surface area contributed by atoms with Gasteiger partial charge in [-0.1, -0.05) is 15.9 Å². The molecule has 0 aliphatic rings. The molecular weight excluding hydrogens is 496 g/mol. The van der Waals surface area contributed by atoms with E-state index < -0.39 is 11.9 Å². The van der Waals surface area contributed by atoms with Crippen molar-refractivity contribution in [3.63, 3.8) is 0 Å². The summed E-state index contributed by atoms with van der Waals surface area (Å²) in [5, 5.41) is 4.75. The first-order valence-corrected chi connectivity index (χ1v) is 9.56. The molecule has 0 spiro atoms. The number of hydrogen-bond acceptors (Lipinski definition) is 6. The molecule has 1 amide bonds. The number of carbonyl (C=O) groups is 2. The van der Waals surface area contributed by atoms with Crippen LogP contribution in [-0.2, 0) is 9.53 Å². The average molecular weight is 510 g/mol. The molecule has 28 heavy (non-hydrogen) atoms. The van der Waals surface area contributed by atoms with E-state index in [1.54, 1.807) is 30.3 Å². The second-order valence-corrected chi connectivity index (χ2v) is 7.32. The van der Waals surface area contributed by atoms with Crippen molar-refractivity contribution in [2.45, 2.75) is 0 Å². The summed E-state index contributed by atoms with van der Waals surface area (Å²) < 4.78 is 16.9. The van der Waals surface area contributed by atoms with E-state index in [-0.39, 0.29) is 12.4 Å². The average Bonchev–Trinajstić information content (AvgIpc) is 3.10. The number of methoxy groups -OCH3 is 1. The SMILES string of the molecule is COC(=O)COc1ccc(/C=N/NC(=O)c2cc3cc(Br)ccc3o2)cc1Br. The van der Waals surface area contributed by atoms with Crippen LogP contribution in [0.2, 0.25) is 0 Å². The lowest BCUT2D eigenvalue weighted by atomic mass is 10.2. The maximum atomic E-state index is 12.2. The van der Waals surface area contributed by atoms with Gasteiger partial charge in [0.2, 0.25) is 0 Å². The molecule has 0 aliphatic carbocycles. The second-order valence-electron chi connectivity index (χ2n) is 5.55. The lowest BCUT2D eigenvalue weighted by Crippen LogP contribution is -2.16. The Morgan fingerprint density at radius 1 is 1.18 bits per heavy atom. The fourth-order valence-corrected chi connectivity index (χ4v) is 3.15. The number of hydrogen-bond donors (Lipinski definition) is 1. The third-order valence-electron chi connectivity index (χ3n) is 3.61. The van der Waals surface area contributed by atoms with Gasteiger partial charge in [0.15, 0.2) is 12.4 Å². The van der Waals surface area contributed by atoms with Crippen molar-refractivity contribution in [3.05, 3.63) is 62.7 Å². The van der Waals surface area contributed by atoms with Crippen LogP contribution in [0.5, 0.6) is 5.75 Å². The topological polar surface area (TPSA) is 90.1 Å². The molecule has 1 heterocycles. The molecule has 9 heteroatoms. The Morgan fingerprint density at radius 3 is 2.75 bits per heavy atom. The van der Waals surface area contributed by atoms with Crippen molar-refractivity contribution in [1.82, 2.24) is 5.43 Å². The minimum Gasteiger partial charge on any atom is -0.481 e. The fourth-order valence-electron chi connectivity index (χ4n) is 2.26. The van der Waals surface area contributed by atoms with Gasteiger partial charge in [0, 0.05) is 9.86 Å². The maximum absolute atomic E-state index is 12.2. The van der Waals surface area contributed by atoms with Crippen molar-refractivity contribution in [3.8, 4) is 5.75 Å². The Labute approximate surface area is 176 Å². The molecular formula is C19H14Br2N2O5. The summed E-state index contributed by atoms with van der Waals surface area (Å²) in [6.07, 6.45) is 1.48. The molecule has 0 saturated heterocycles. The highest BCUT2D eigenvalue weighted by Gasteiger charge is 2.12. The summed E-state index contributed by atoms with van der Waals surface area (Å²) in [6.45, 7) is -0.188. The van der Waals surface area contributed by atoms with E-state index in [1.807, 2.05) is 12.1 Å². The van der Waals surface area contributed by atoms with Gasteiger partial charge >= 0.3 is 11.9 Å². The molecule has 1 aromatic heterocycles. The van der Waals surface area contributed by atoms with Gasteiger partial charge in [-0.2, -0.15) is 5.10 Å². The summed E-state index contributed by atoms with van der Waals surface area (Å²) in [4.78, 5) is 23.3. The first kappa shape index (κ1) is 20.1. The zero-order valence-electron chi connectivity index (χ0n) is 14.6. The van der Waals surface area contributed by atoms with Crippen LogP contribution in [0.25, 0.3) is 11.0 Å². The largest absolute Gasteiger partial charge is 0.481 e. The summed E-state index contributed by atoms with van der Waals surface area (Å²) in [7, 11) is 1.29. The molecule has 3 aromatic rings. The molecule has 3 rings (SSSR count). The van der Waals surface area contributed by atoms with Crippen LogP contribution in [0.1, 0.15) is 16.1 Å². The number of carbonyl (C=O) groups excluding carboxylic acids is 2. The molecule has 0 radical (unpaired) electrons. The molecule has 144 valence electrons. The van der Waals surface area contributed by atoms with Gasteiger partial charge in [0.25, 0.3) is 0 Å². The predicted octanol–water partition coefficient (Wildman–Crippen LogP) is 4.27. The molecule has 0 aliphatic heterocycles. The molecule has 0 unspecified atom stereocenters. The van der Waals surface area contributed by atoms with Gasteiger partial charge in [0.05, 0.1) is 17.8 Å². The zero-order chi connectivity index (χ0) is 20.1. The number of amides is 1. The Hall–Kier alpha value is -2.65. The lowest BCUT2D eigenvalue weighted by molar-refractivity contribution is -0.142. The molecule has 2 aromatic carbocycles. The van der Waals surface area contributed by atoms with Crippen LogP contribution in [0.3, 0.4) is 0 Å². The van der Waals surface area contributed by atoms with Crippen molar-refractivity contribution in [2.75, 3.05) is 13.7 Å². The standard InChI is InChI=1S/C19H14Br2N2O5/c1-26-18(24)10-27-16-4-2-11(6-14(16)21)9-22-23-19(25)17-8-12-7-13(20)3-5-15(12)28-17/h2-9H,10H2,1H3,(H,23,25)/b22-9+. The number of hydrazone groups is 1. The Balaban J connectivity index is 1.62. The highest BCUT2D eigenvalue weighted by atomic mass is 79.9. The number of furan rings is 1. The third-order valence-corrected chi connectivity index (χ3v) is 4.72. The second kappa shape index (κ2) is 9.03. The Bertz CT molecular complexity index is 1060. The number of fused-ring (bicyclic) bond motifs is 1. The van der Waals surface area contributed by atoms with E-state index in [9.17, 15) is 9.59 Å². The summed E-state index contributed by atoms with van der Waals surface area (Å²) in [5.41, 5.74) is 3.75. The Morgan fingerprint density at radius 2 is 2.00 bits per heavy atom.